The van der Waals surface area contributed by atoms with E-state index in [1.54, 1.807) is 6.33 Å². The number of nitrogens with two attached hydrogens (primary N) is 1. The Morgan fingerprint density at radius 1 is 1.50 bits per heavy atom. The third-order valence-electron chi connectivity index (χ3n) is 4.27. The number of fused-ring (bicyclic) bond motifs is 1. The summed E-state index contributed by atoms with van der Waals surface area (Å²) in [5.41, 5.74) is 2.97. The summed E-state index contributed by atoms with van der Waals surface area (Å²) in [6, 6.07) is 0.357. The summed E-state index contributed by atoms with van der Waals surface area (Å²) >= 11 is 0. The van der Waals surface area contributed by atoms with Crippen molar-refractivity contribution in [2.45, 2.75) is 31.7 Å². The van der Waals surface area contributed by atoms with Gasteiger partial charge in [0, 0.05) is 19.5 Å². The van der Waals surface area contributed by atoms with Crippen LogP contribution in [0.25, 0.3) is 0 Å². The lowest BCUT2D eigenvalue weighted by Gasteiger charge is -2.23. The molecule has 1 heterocycles. The second-order valence-corrected chi connectivity index (χ2v) is 5.26. The predicted octanol–water partition coefficient (Wildman–Crippen LogP) is 0.236. The standard InChI is InChI=1S/C11H19N5/c1-16-11(13-6-14-16)5-10(15-12)9-3-7-2-8(7)4-9/h6-10,15H,2-5,12H2,1H3. The van der Waals surface area contributed by atoms with Gasteiger partial charge in [-0.2, -0.15) is 5.10 Å². The fourth-order valence-electron chi connectivity index (χ4n) is 3.15. The Morgan fingerprint density at radius 3 is 2.81 bits per heavy atom. The van der Waals surface area contributed by atoms with Crippen LogP contribution in [0.3, 0.4) is 0 Å². The number of hydrogen-bond donors (Lipinski definition) is 2. The first-order chi connectivity index (χ1) is 7.78. The van der Waals surface area contributed by atoms with Gasteiger partial charge in [0.05, 0.1) is 0 Å². The molecule has 3 N–H and O–H groups in total. The molecule has 0 aromatic carbocycles. The van der Waals surface area contributed by atoms with Gasteiger partial charge in [-0.15, -0.1) is 0 Å². The van der Waals surface area contributed by atoms with Crippen molar-refractivity contribution in [2.24, 2.45) is 30.6 Å². The second-order valence-electron chi connectivity index (χ2n) is 5.26. The van der Waals surface area contributed by atoms with Crippen molar-refractivity contribution in [3.05, 3.63) is 12.2 Å². The Labute approximate surface area is 95.4 Å². The van der Waals surface area contributed by atoms with Crippen LogP contribution in [-0.2, 0) is 13.5 Å². The molecule has 2 saturated carbocycles. The fraction of sp³-hybridized carbons (Fsp3) is 0.818. The first-order valence-corrected chi connectivity index (χ1v) is 6.07. The Balaban J connectivity index is 1.65. The van der Waals surface area contributed by atoms with Crippen LogP contribution in [-0.4, -0.2) is 20.8 Å². The number of aryl methyl sites for hydroxylation is 1. The van der Waals surface area contributed by atoms with Crippen molar-refractivity contribution in [3.63, 3.8) is 0 Å². The molecule has 2 aliphatic carbocycles. The van der Waals surface area contributed by atoms with E-state index in [0.29, 0.717) is 6.04 Å². The number of hydrogen-bond acceptors (Lipinski definition) is 4. The third kappa shape index (κ3) is 1.74. The maximum absolute atomic E-state index is 5.67. The van der Waals surface area contributed by atoms with Crippen molar-refractivity contribution in [1.82, 2.24) is 20.2 Å². The van der Waals surface area contributed by atoms with Crippen LogP contribution in [0.2, 0.25) is 0 Å². The van der Waals surface area contributed by atoms with Crippen LogP contribution >= 0.6 is 0 Å². The highest BCUT2D eigenvalue weighted by molar-refractivity contribution is 5.01. The van der Waals surface area contributed by atoms with Gasteiger partial charge in [0.15, 0.2) is 0 Å². The number of aromatic nitrogens is 3. The highest BCUT2D eigenvalue weighted by Gasteiger charge is 2.47. The van der Waals surface area contributed by atoms with Crippen molar-refractivity contribution in [3.8, 4) is 0 Å². The molecular weight excluding hydrogens is 202 g/mol. The fourth-order valence-corrected chi connectivity index (χ4v) is 3.15. The minimum Gasteiger partial charge on any atom is -0.271 e. The molecule has 2 fully saturated rings. The van der Waals surface area contributed by atoms with E-state index in [-0.39, 0.29) is 0 Å². The zero-order valence-corrected chi connectivity index (χ0v) is 9.63. The van der Waals surface area contributed by atoms with E-state index in [9.17, 15) is 0 Å². The Bertz CT molecular complexity index is 364. The number of nitrogens with one attached hydrogen (secondary N) is 1. The van der Waals surface area contributed by atoms with Crippen LogP contribution in [0.1, 0.15) is 25.1 Å². The summed E-state index contributed by atoms with van der Waals surface area (Å²) in [6.45, 7) is 0. The molecule has 3 atom stereocenters. The quantitative estimate of drug-likeness (QED) is 0.564. The molecule has 16 heavy (non-hydrogen) atoms. The smallest absolute Gasteiger partial charge is 0.138 e. The second kappa shape index (κ2) is 3.82. The van der Waals surface area contributed by atoms with Gasteiger partial charge in [0.2, 0.25) is 0 Å². The third-order valence-corrected chi connectivity index (χ3v) is 4.27. The van der Waals surface area contributed by atoms with E-state index in [2.05, 4.69) is 15.5 Å². The van der Waals surface area contributed by atoms with Gasteiger partial charge in [-0.3, -0.25) is 16.0 Å². The van der Waals surface area contributed by atoms with Gasteiger partial charge in [0.25, 0.3) is 0 Å². The molecule has 1 aromatic rings. The van der Waals surface area contributed by atoms with E-state index in [1.165, 1.54) is 19.3 Å². The Morgan fingerprint density at radius 2 is 2.25 bits per heavy atom. The predicted molar refractivity (Wildman–Crippen MR) is 60.1 cm³/mol. The first kappa shape index (κ1) is 10.2. The summed E-state index contributed by atoms with van der Waals surface area (Å²) in [5.74, 6) is 9.42. The first-order valence-electron chi connectivity index (χ1n) is 6.07. The molecule has 3 rings (SSSR count). The summed E-state index contributed by atoms with van der Waals surface area (Å²) < 4.78 is 1.83. The normalized spacial score (nSPS) is 33.8. The number of hydrazine groups is 1. The van der Waals surface area contributed by atoms with Crippen molar-refractivity contribution < 1.29 is 0 Å². The molecule has 3 unspecified atom stereocenters. The topological polar surface area (TPSA) is 68.8 Å². The van der Waals surface area contributed by atoms with E-state index in [1.807, 2.05) is 11.7 Å². The number of nitrogens with zero attached hydrogens (tertiary/aromatic N) is 3. The Hall–Kier alpha value is -0.940. The molecule has 0 saturated heterocycles. The van der Waals surface area contributed by atoms with Gasteiger partial charge in [-0.05, 0) is 37.0 Å². The van der Waals surface area contributed by atoms with E-state index >= 15 is 0 Å². The molecule has 5 nitrogen and oxygen atoms in total. The maximum atomic E-state index is 5.67. The highest BCUT2D eigenvalue weighted by Crippen LogP contribution is 2.55. The molecule has 1 aromatic heterocycles. The molecule has 0 aliphatic heterocycles. The molecule has 0 bridgehead atoms. The molecule has 88 valence electrons. The van der Waals surface area contributed by atoms with Crippen LogP contribution in [0.15, 0.2) is 6.33 Å². The zero-order chi connectivity index (χ0) is 11.1. The largest absolute Gasteiger partial charge is 0.271 e. The minimum atomic E-state index is 0.357. The SMILES string of the molecule is Cn1ncnc1CC(NN)C1CC2CC2C1. The monoisotopic (exact) mass is 221 g/mol. The van der Waals surface area contributed by atoms with E-state index in [0.717, 1.165) is 30.0 Å². The average Bonchev–Trinajstić information content (AvgIpc) is 2.71. The van der Waals surface area contributed by atoms with Crippen LogP contribution < -0.4 is 11.3 Å². The van der Waals surface area contributed by atoms with Gasteiger partial charge in [0.1, 0.15) is 12.2 Å². The van der Waals surface area contributed by atoms with Crippen molar-refractivity contribution in [1.29, 1.82) is 0 Å². The van der Waals surface area contributed by atoms with Crippen molar-refractivity contribution in [2.75, 3.05) is 0 Å². The molecule has 2 aliphatic rings. The highest BCUT2D eigenvalue weighted by atomic mass is 15.3. The zero-order valence-electron chi connectivity index (χ0n) is 9.63. The summed E-state index contributed by atoms with van der Waals surface area (Å²) in [6.07, 6.45) is 6.64. The van der Waals surface area contributed by atoms with E-state index < -0.39 is 0 Å². The summed E-state index contributed by atoms with van der Waals surface area (Å²) in [7, 11) is 1.93. The average molecular weight is 221 g/mol. The van der Waals surface area contributed by atoms with Gasteiger partial charge in [-0.1, -0.05) is 0 Å². The lowest BCUT2D eigenvalue weighted by molar-refractivity contribution is 0.329. The lowest BCUT2D eigenvalue weighted by atomic mass is 9.92. The van der Waals surface area contributed by atoms with Gasteiger partial charge in [-0.25, -0.2) is 4.98 Å². The minimum absolute atomic E-state index is 0.357. The lowest BCUT2D eigenvalue weighted by Crippen LogP contribution is -2.42. The van der Waals surface area contributed by atoms with Crippen LogP contribution in [0.4, 0.5) is 0 Å². The van der Waals surface area contributed by atoms with Crippen LogP contribution in [0.5, 0.6) is 0 Å². The molecular formula is C11H19N5. The molecule has 0 spiro atoms. The van der Waals surface area contributed by atoms with Gasteiger partial charge < -0.3 is 0 Å². The molecule has 5 heteroatoms. The van der Waals surface area contributed by atoms with Crippen molar-refractivity contribution >= 4 is 0 Å². The summed E-state index contributed by atoms with van der Waals surface area (Å²) in [5, 5.41) is 4.09. The molecule has 0 amide bonds. The van der Waals surface area contributed by atoms with E-state index in [4.69, 9.17) is 5.84 Å². The van der Waals surface area contributed by atoms with Gasteiger partial charge >= 0.3 is 0 Å². The van der Waals surface area contributed by atoms with Crippen LogP contribution in [0, 0.1) is 17.8 Å². The maximum Gasteiger partial charge on any atom is 0.138 e. The summed E-state index contributed by atoms with van der Waals surface area (Å²) in [4.78, 5) is 4.26. The Kier molecular flexibility index (Phi) is 2.44. The number of rotatable bonds is 4. The molecule has 0 radical (unpaired) electrons.